The standard InChI is InChI=1S/C22H24Cl2N4O2/c23-17-11-14-12-25-8-7-16(14)20(24)19(17)21(29)26-9-10-27-22(30)28-18-6-5-13-3-1-2-4-15(13)18/h1-4,11,18,25H,5-10,12H2,(H,26,29)(H2,27,28,30)/t18-/m1/s1. The van der Waals surface area contributed by atoms with Gasteiger partial charge in [0.2, 0.25) is 0 Å². The highest BCUT2D eigenvalue weighted by Crippen LogP contribution is 2.33. The first-order chi connectivity index (χ1) is 14.5. The van der Waals surface area contributed by atoms with Crippen LogP contribution in [0, 0.1) is 0 Å². The van der Waals surface area contributed by atoms with E-state index in [2.05, 4.69) is 33.4 Å². The van der Waals surface area contributed by atoms with E-state index in [1.807, 2.05) is 12.1 Å². The summed E-state index contributed by atoms with van der Waals surface area (Å²) in [4.78, 5) is 24.8. The van der Waals surface area contributed by atoms with Crippen molar-refractivity contribution >= 4 is 35.1 Å². The second-order valence-corrected chi connectivity index (χ2v) is 8.34. The molecule has 1 heterocycles. The number of nitrogens with one attached hydrogen (secondary N) is 4. The third kappa shape index (κ3) is 4.41. The van der Waals surface area contributed by atoms with Crippen LogP contribution in [0.4, 0.5) is 4.79 Å². The van der Waals surface area contributed by atoms with Gasteiger partial charge in [-0.3, -0.25) is 4.79 Å². The number of urea groups is 1. The number of hydrogen-bond donors (Lipinski definition) is 4. The number of carbonyl (C=O) groups is 2. The zero-order chi connectivity index (χ0) is 21.1. The summed E-state index contributed by atoms with van der Waals surface area (Å²) in [6.07, 6.45) is 2.63. The fourth-order valence-electron chi connectivity index (χ4n) is 4.14. The lowest BCUT2D eigenvalue weighted by atomic mass is 9.97. The van der Waals surface area contributed by atoms with Crippen LogP contribution >= 0.6 is 23.2 Å². The summed E-state index contributed by atoms with van der Waals surface area (Å²) >= 11 is 12.8. The van der Waals surface area contributed by atoms with Gasteiger partial charge in [-0.15, -0.1) is 0 Å². The monoisotopic (exact) mass is 446 g/mol. The number of amides is 3. The van der Waals surface area contributed by atoms with Gasteiger partial charge in [-0.1, -0.05) is 47.5 Å². The zero-order valence-electron chi connectivity index (χ0n) is 16.5. The van der Waals surface area contributed by atoms with Gasteiger partial charge in [0.15, 0.2) is 0 Å². The molecule has 30 heavy (non-hydrogen) atoms. The van der Waals surface area contributed by atoms with Crippen molar-refractivity contribution in [3.8, 4) is 0 Å². The predicted molar refractivity (Wildman–Crippen MR) is 118 cm³/mol. The SMILES string of the molecule is O=C(NCCNC(=O)c1c(Cl)cc2c(c1Cl)CCNC2)N[C@@H]1CCc2ccccc21. The maximum Gasteiger partial charge on any atom is 0.315 e. The second kappa shape index (κ2) is 9.25. The van der Waals surface area contributed by atoms with Crippen LogP contribution in [0.3, 0.4) is 0 Å². The molecule has 3 amide bonds. The highest BCUT2D eigenvalue weighted by Gasteiger charge is 2.24. The maximum absolute atomic E-state index is 12.6. The molecule has 0 fully saturated rings. The molecule has 0 saturated carbocycles. The van der Waals surface area contributed by atoms with Crippen molar-refractivity contribution in [2.24, 2.45) is 0 Å². The molecule has 1 atom stereocenters. The molecule has 0 aromatic heterocycles. The molecule has 0 radical (unpaired) electrons. The van der Waals surface area contributed by atoms with E-state index in [0.29, 0.717) is 28.7 Å². The Hall–Kier alpha value is -2.28. The van der Waals surface area contributed by atoms with Crippen LogP contribution in [0.5, 0.6) is 0 Å². The molecular formula is C22H24Cl2N4O2. The van der Waals surface area contributed by atoms with E-state index in [1.54, 1.807) is 6.07 Å². The van der Waals surface area contributed by atoms with Crippen molar-refractivity contribution in [3.63, 3.8) is 0 Å². The summed E-state index contributed by atoms with van der Waals surface area (Å²) in [5.74, 6) is -0.335. The molecule has 0 unspecified atom stereocenters. The minimum atomic E-state index is -0.335. The normalized spacial score (nSPS) is 17.1. The van der Waals surface area contributed by atoms with Crippen molar-refractivity contribution in [2.45, 2.75) is 31.8 Å². The van der Waals surface area contributed by atoms with Crippen molar-refractivity contribution in [1.29, 1.82) is 0 Å². The molecule has 2 aliphatic rings. The van der Waals surface area contributed by atoms with Crippen LogP contribution < -0.4 is 21.3 Å². The van der Waals surface area contributed by atoms with Crippen molar-refractivity contribution in [1.82, 2.24) is 21.3 Å². The first-order valence-electron chi connectivity index (χ1n) is 10.2. The molecule has 0 saturated heterocycles. The average molecular weight is 447 g/mol. The summed E-state index contributed by atoms with van der Waals surface area (Å²) in [6, 6.07) is 9.73. The van der Waals surface area contributed by atoms with Crippen LogP contribution in [0.15, 0.2) is 30.3 Å². The quantitative estimate of drug-likeness (QED) is 0.531. The molecule has 1 aliphatic heterocycles. The number of rotatable bonds is 5. The molecular weight excluding hydrogens is 423 g/mol. The van der Waals surface area contributed by atoms with Crippen LogP contribution in [0.25, 0.3) is 0 Å². The van der Waals surface area contributed by atoms with Gasteiger partial charge in [-0.2, -0.15) is 0 Å². The molecule has 0 spiro atoms. The molecule has 1 aliphatic carbocycles. The van der Waals surface area contributed by atoms with Crippen LogP contribution in [-0.2, 0) is 19.4 Å². The lowest BCUT2D eigenvalue weighted by Gasteiger charge is -2.21. The second-order valence-electron chi connectivity index (χ2n) is 7.56. The fraction of sp³-hybridized carbons (Fsp3) is 0.364. The van der Waals surface area contributed by atoms with Gasteiger partial charge < -0.3 is 21.3 Å². The molecule has 4 N–H and O–H groups in total. The molecule has 6 nitrogen and oxygen atoms in total. The molecule has 4 rings (SSSR count). The third-order valence-electron chi connectivity index (χ3n) is 5.64. The van der Waals surface area contributed by atoms with Crippen molar-refractivity contribution in [3.05, 3.63) is 68.2 Å². The Labute approximate surface area is 185 Å². The summed E-state index contributed by atoms with van der Waals surface area (Å²) in [7, 11) is 0. The van der Waals surface area contributed by atoms with E-state index in [9.17, 15) is 9.59 Å². The van der Waals surface area contributed by atoms with Crippen molar-refractivity contribution < 1.29 is 9.59 Å². The Kier molecular flexibility index (Phi) is 6.46. The topological polar surface area (TPSA) is 82.3 Å². The van der Waals surface area contributed by atoms with Gasteiger partial charge in [-0.25, -0.2) is 4.79 Å². The van der Waals surface area contributed by atoms with Gasteiger partial charge in [0, 0.05) is 19.6 Å². The molecule has 8 heteroatoms. The Bertz CT molecular complexity index is 980. The van der Waals surface area contributed by atoms with E-state index in [-0.39, 0.29) is 24.5 Å². The average Bonchev–Trinajstić information content (AvgIpc) is 3.14. The van der Waals surface area contributed by atoms with Crippen LogP contribution in [0.2, 0.25) is 10.0 Å². The molecule has 0 bridgehead atoms. The van der Waals surface area contributed by atoms with E-state index in [1.165, 1.54) is 11.1 Å². The molecule has 2 aromatic rings. The van der Waals surface area contributed by atoms with Crippen LogP contribution in [-0.4, -0.2) is 31.6 Å². The van der Waals surface area contributed by atoms with Gasteiger partial charge in [-0.05, 0) is 54.1 Å². The third-order valence-corrected chi connectivity index (χ3v) is 6.36. The maximum atomic E-state index is 12.6. The summed E-state index contributed by atoms with van der Waals surface area (Å²) in [5.41, 5.74) is 4.75. The highest BCUT2D eigenvalue weighted by molar-refractivity contribution is 6.40. The Morgan fingerprint density at radius 3 is 2.73 bits per heavy atom. The Morgan fingerprint density at radius 2 is 1.87 bits per heavy atom. The highest BCUT2D eigenvalue weighted by atomic mass is 35.5. The van der Waals surface area contributed by atoms with Gasteiger partial charge in [0.05, 0.1) is 21.7 Å². The fourth-order valence-corrected chi connectivity index (χ4v) is 4.90. The van der Waals surface area contributed by atoms with E-state index < -0.39 is 0 Å². The minimum Gasteiger partial charge on any atom is -0.350 e. The molecule has 158 valence electrons. The van der Waals surface area contributed by atoms with Gasteiger partial charge >= 0.3 is 6.03 Å². The minimum absolute atomic E-state index is 0.0263. The number of fused-ring (bicyclic) bond motifs is 2. The van der Waals surface area contributed by atoms with Crippen molar-refractivity contribution in [2.75, 3.05) is 19.6 Å². The number of aryl methyl sites for hydroxylation is 1. The Balaban J connectivity index is 1.27. The largest absolute Gasteiger partial charge is 0.350 e. The number of benzene rings is 2. The van der Waals surface area contributed by atoms with Gasteiger partial charge in [0.25, 0.3) is 5.91 Å². The van der Waals surface area contributed by atoms with Gasteiger partial charge in [0.1, 0.15) is 0 Å². The number of carbonyl (C=O) groups excluding carboxylic acids is 2. The Morgan fingerprint density at radius 1 is 1.07 bits per heavy atom. The zero-order valence-corrected chi connectivity index (χ0v) is 18.0. The van der Waals surface area contributed by atoms with Crippen LogP contribution in [0.1, 0.15) is 45.1 Å². The number of halogens is 2. The summed E-state index contributed by atoms with van der Waals surface area (Å²) in [5, 5.41) is 12.6. The van der Waals surface area contributed by atoms with E-state index in [0.717, 1.165) is 36.9 Å². The summed E-state index contributed by atoms with van der Waals surface area (Å²) in [6.45, 7) is 2.09. The smallest absolute Gasteiger partial charge is 0.315 e. The lowest BCUT2D eigenvalue weighted by Crippen LogP contribution is -2.41. The lowest BCUT2D eigenvalue weighted by molar-refractivity contribution is 0.0954. The number of hydrogen-bond acceptors (Lipinski definition) is 3. The first-order valence-corrected chi connectivity index (χ1v) is 10.9. The first kappa shape index (κ1) is 21.0. The summed E-state index contributed by atoms with van der Waals surface area (Å²) < 4.78 is 0. The predicted octanol–water partition coefficient (Wildman–Crippen LogP) is 3.36. The molecule has 2 aromatic carbocycles. The van der Waals surface area contributed by atoms with E-state index in [4.69, 9.17) is 23.2 Å². The van der Waals surface area contributed by atoms with E-state index >= 15 is 0 Å².